The van der Waals surface area contributed by atoms with Crippen LogP contribution < -0.4 is 11.1 Å². The highest BCUT2D eigenvalue weighted by molar-refractivity contribution is 5.92. The number of nitrogen functional groups attached to an aromatic ring is 1. The molecule has 0 spiro atoms. The lowest BCUT2D eigenvalue weighted by molar-refractivity contribution is 0.215. The number of nitrogens with one attached hydrogen (secondary N) is 1. The molecule has 0 saturated carbocycles. The van der Waals surface area contributed by atoms with Gasteiger partial charge in [0.2, 0.25) is 0 Å². The van der Waals surface area contributed by atoms with Crippen molar-refractivity contribution in [3.63, 3.8) is 0 Å². The molecule has 104 valence electrons. The van der Waals surface area contributed by atoms with Crippen LogP contribution in [0.1, 0.15) is 18.1 Å². The van der Waals surface area contributed by atoms with Gasteiger partial charge in [-0.1, -0.05) is 24.2 Å². The summed E-state index contributed by atoms with van der Waals surface area (Å²) in [5.74, 6) is 0.927. The van der Waals surface area contributed by atoms with Gasteiger partial charge in [0.15, 0.2) is 0 Å². The Hall–Kier alpha value is -2.63. The highest BCUT2D eigenvalue weighted by atomic mass is 16.6. The molecule has 0 aliphatic heterocycles. The van der Waals surface area contributed by atoms with Gasteiger partial charge in [-0.15, -0.1) is 0 Å². The third-order valence-corrected chi connectivity index (χ3v) is 2.83. The number of aromatic nitrogens is 2. The smallest absolute Gasteiger partial charge is 0.144 e. The summed E-state index contributed by atoms with van der Waals surface area (Å²) < 4.78 is 0. The van der Waals surface area contributed by atoms with Gasteiger partial charge in [0.25, 0.3) is 0 Å². The molecule has 1 heterocycles. The van der Waals surface area contributed by atoms with Crippen LogP contribution in [-0.2, 0) is 11.3 Å². The van der Waals surface area contributed by atoms with Gasteiger partial charge in [0.05, 0.1) is 11.8 Å². The number of oxime groups is 1. The second-order valence-electron chi connectivity index (χ2n) is 4.11. The third kappa shape index (κ3) is 3.23. The molecule has 0 saturated heterocycles. The molecule has 0 aliphatic rings. The molecule has 0 bridgehead atoms. The van der Waals surface area contributed by atoms with Crippen molar-refractivity contribution in [3.05, 3.63) is 41.7 Å². The van der Waals surface area contributed by atoms with E-state index in [0.717, 1.165) is 12.1 Å². The summed E-state index contributed by atoms with van der Waals surface area (Å²) in [4.78, 5) is 12.8. The molecular formula is C14H17N5O. The van der Waals surface area contributed by atoms with E-state index >= 15 is 0 Å². The molecule has 3 N–H and O–H groups in total. The van der Waals surface area contributed by atoms with Crippen molar-refractivity contribution in [1.29, 1.82) is 0 Å². The molecule has 2 rings (SSSR count). The second kappa shape index (κ2) is 6.51. The molecule has 1 aromatic carbocycles. The average Bonchev–Trinajstić information content (AvgIpc) is 2.47. The van der Waals surface area contributed by atoms with E-state index in [4.69, 9.17) is 5.73 Å². The van der Waals surface area contributed by atoms with Crippen LogP contribution in [0.3, 0.4) is 0 Å². The number of hydrogen-bond donors (Lipinski definition) is 2. The average molecular weight is 271 g/mol. The molecule has 2 aromatic rings. The minimum Gasteiger partial charge on any atom is -0.399 e. The maximum Gasteiger partial charge on any atom is 0.144 e. The largest absolute Gasteiger partial charge is 0.399 e. The molecule has 0 atom stereocenters. The van der Waals surface area contributed by atoms with Gasteiger partial charge in [-0.3, -0.25) is 0 Å². The Balaban J connectivity index is 2.27. The predicted molar refractivity (Wildman–Crippen MR) is 80.2 cm³/mol. The lowest BCUT2D eigenvalue weighted by Crippen LogP contribution is -2.05. The second-order valence-corrected chi connectivity index (χ2v) is 4.11. The van der Waals surface area contributed by atoms with E-state index < -0.39 is 0 Å². The van der Waals surface area contributed by atoms with Gasteiger partial charge >= 0.3 is 0 Å². The number of hydrogen-bond acceptors (Lipinski definition) is 6. The van der Waals surface area contributed by atoms with Crippen LogP contribution in [0.25, 0.3) is 0 Å². The maximum absolute atomic E-state index is 5.82. The molecule has 0 aliphatic carbocycles. The van der Waals surface area contributed by atoms with Gasteiger partial charge in [-0.05, 0) is 24.1 Å². The SMILES string of the molecule is CCc1ccc(Nc2ncnc(N)c2C=NOC)cc1. The lowest BCUT2D eigenvalue weighted by Gasteiger charge is -2.09. The van der Waals surface area contributed by atoms with Crippen molar-refractivity contribution < 1.29 is 4.84 Å². The summed E-state index contributed by atoms with van der Waals surface area (Å²) in [6, 6.07) is 8.12. The summed E-state index contributed by atoms with van der Waals surface area (Å²) in [6.45, 7) is 2.12. The van der Waals surface area contributed by atoms with Crippen LogP contribution in [0.15, 0.2) is 35.7 Å². The van der Waals surface area contributed by atoms with Gasteiger partial charge in [-0.25, -0.2) is 9.97 Å². The van der Waals surface area contributed by atoms with Gasteiger partial charge in [-0.2, -0.15) is 0 Å². The summed E-state index contributed by atoms with van der Waals surface area (Å²) in [6.07, 6.45) is 3.90. The first kappa shape index (κ1) is 13.8. The van der Waals surface area contributed by atoms with Crippen LogP contribution >= 0.6 is 0 Å². The monoisotopic (exact) mass is 271 g/mol. The Morgan fingerprint density at radius 2 is 2.05 bits per heavy atom. The van der Waals surface area contributed by atoms with Gasteiger partial charge < -0.3 is 15.9 Å². The number of aryl methyl sites for hydroxylation is 1. The number of benzene rings is 1. The van der Waals surface area contributed by atoms with E-state index in [9.17, 15) is 0 Å². The molecule has 6 nitrogen and oxygen atoms in total. The van der Waals surface area contributed by atoms with E-state index in [1.165, 1.54) is 25.2 Å². The van der Waals surface area contributed by atoms with Crippen molar-refractivity contribution in [2.24, 2.45) is 5.16 Å². The fourth-order valence-electron chi connectivity index (χ4n) is 1.70. The van der Waals surface area contributed by atoms with E-state index in [1.54, 1.807) is 0 Å². The molecular weight excluding hydrogens is 254 g/mol. The Morgan fingerprint density at radius 1 is 1.30 bits per heavy atom. The van der Waals surface area contributed by atoms with Crippen LogP contribution in [0.4, 0.5) is 17.3 Å². The minimum atomic E-state index is 0.341. The van der Waals surface area contributed by atoms with E-state index in [0.29, 0.717) is 17.2 Å². The highest BCUT2D eigenvalue weighted by Gasteiger charge is 2.07. The molecule has 1 aromatic heterocycles. The molecule has 0 amide bonds. The summed E-state index contributed by atoms with van der Waals surface area (Å²) >= 11 is 0. The number of anilines is 3. The first-order valence-corrected chi connectivity index (χ1v) is 6.27. The number of nitrogens with two attached hydrogens (primary N) is 1. The Morgan fingerprint density at radius 3 is 2.70 bits per heavy atom. The van der Waals surface area contributed by atoms with Crippen molar-refractivity contribution >= 4 is 23.5 Å². The predicted octanol–water partition coefficient (Wildman–Crippen LogP) is 2.35. The van der Waals surface area contributed by atoms with Crippen molar-refractivity contribution in [2.75, 3.05) is 18.2 Å². The van der Waals surface area contributed by atoms with Crippen LogP contribution in [0, 0.1) is 0 Å². The summed E-state index contributed by atoms with van der Waals surface area (Å²) in [5, 5.41) is 6.90. The zero-order chi connectivity index (χ0) is 14.4. The number of nitrogens with zero attached hydrogens (tertiary/aromatic N) is 3. The molecule has 0 unspecified atom stereocenters. The van der Waals surface area contributed by atoms with Crippen LogP contribution in [0.5, 0.6) is 0 Å². The van der Waals surface area contributed by atoms with E-state index in [-0.39, 0.29) is 0 Å². The normalized spacial score (nSPS) is 10.7. The van der Waals surface area contributed by atoms with Gasteiger partial charge in [0, 0.05) is 5.69 Å². The Kier molecular flexibility index (Phi) is 4.49. The Labute approximate surface area is 117 Å². The number of rotatable bonds is 5. The molecule has 0 fully saturated rings. The van der Waals surface area contributed by atoms with Crippen LogP contribution in [-0.4, -0.2) is 23.3 Å². The molecule has 0 radical (unpaired) electrons. The van der Waals surface area contributed by atoms with Crippen LogP contribution in [0.2, 0.25) is 0 Å². The zero-order valence-electron chi connectivity index (χ0n) is 11.5. The fourth-order valence-corrected chi connectivity index (χ4v) is 1.70. The van der Waals surface area contributed by atoms with Gasteiger partial charge in [0.1, 0.15) is 25.1 Å². The summed E-state index contributed by atoms with van der Waals surface area (Å²) in [7, 11) is 1.47. The summed E-state index contributed by atoms with van der Waals surface area (Å²) in [5.41, 5.74) is 8.62. The van der Waals surface area contributed by atoms with E-state index in [2.05, 4.69) is 44.3 Å². The molecule has 20 heavy (non-hydrogen) atoms. The zero-order valence-corrected chi connectivity index (χ0v) is 11.5. The fraction of sp³-hybridized carbons (Fsp3) is 0.214. The third-order valence-electron chi connectivity index (χ3n) is 2.83. The Bertz CT molecular complexity index is 595. The standard InChI is InChI=1S/C14H17N5O/c1-3-10-4-6-11(7-5-10)19-14-12(8-18-20-2)13(15)16-9-17-14/h4-9H,3H2,1-2H3,(H3,15,16,17,19). The van der Waals surface area contributed by atoms with Crippen molar-refractivity contribution in [2.45, 2.75) is 13.3 Å². The molecule has 6 heteroatoms. The van der Waals surface area contributed by atoms with E-state index in [1.807, 2.05) is 12.1 Å². The van der Waals surface area contributed by atoms with Crippen molar-refractivity contribution in [3.8, 4) is 0 Å². The lowest BCUT2D eigenvalue weighted by atomic mass is 10.1. The minimum absolute atomic E-state index is 0.341. The highest BCUT2D eigenvalue weighted by Crippen LogP contribution is 2.20. The maximum atomic E-state index is 5.82. The van der Waals surface area contributed by atoms with Crippen molar-refractivity contribution in [1.82, 2.24) is 9.97 Å². The topological polar surface area (TPSA) is 85.4 Å². The quantitative estimate of drug-likeness (QED) is 0.644. The first-order chi connectivity index (χ1) is 9.74. The first-order valence-electron chi connectivity index (χ1n) is 6.27.